The van der Waals surface area contributed by atoms with E-state index in [0.717, 1.165) is 0 Å². The van der Waals surface area contributed by atoms with Gasteiger partial charge in [-0.1, -0.05) is 0 Å². The van der Waals surface area contributed by atoms with Gasteiger partial charge >= 0.3 is 29.8 Å². The number of hydrogen-bond acceptors (Lipinski definition) is 16. The molecule has 2 N–H and O–H groups in total. The van der Waals surface area contributed by atoms with Crippen LogP contribution >= 0.6 is 0 Å². The molecule has 39 heavy (non-hydrogen) atoms. The first-order chi connectivity index (χ1) is 18.5. The average Bonchev–Trinajstić information content (AvgIpc) is 2.91. The molecule has 0 saturated carbocycles. The molecule has 0 aromatic heterocycles. The van der Waals surface area contributed by atoms with E-state index in [1.54, 1.807) is 9.80 Å². The summed E-state index contributed by atoms with van der Waals surface area (Å²) in [6.07, 6.45) is -1.68. The zero-order chi connectivity index (χ0) is 29.8. The zero-order valence-electron chi connectivity index (χ0n) is 23.3. The maximum Gasteiger partial charge on any atom is 0.319 e. The number of carbonyl (C=O) groups is 5. The van der Waals surface area contributed by atoms with Gasteiger partial charge in [0, 0.05) is 45.8 Å². The van der Waals surface area contributed by atoms with Crippen molar-refractivity contribution in [3.63, 3.8) is 0 Å². The second-order valence-electron chi connectivity index (χ2n) is 8.36. The Hall–Kier alpha value is -2.89. The highest BCUT2D eigenvalue weighted by atomic mass is 16.5. The van der Waals surface area contributed by atoms with Crippen LogP contribution in [0, 0.1) is 0 Å². The maximum absolute atomic E-state index is 12.0. The van der Waals surface area contributed by atoms with E-state index in [4.69, 9.17) is 9.47 Å². The molecule has 0 aromatic carbocycles. The molecule has 0 spiro atoms. The summed E-state index contributed by atoms with van der Waals surface area (Å²) < 4.78 is 23.5. The Balaban J connectivity index is 5.45. The third kappa shape index (κ3) is 18.1. The van der Waals surface area contributed by atoms with E-state index in [-0.39, 0.29) is 78.5 Å². The van der Waals surface area contributed by atoms with E-state index in [1.165, 1.54) is 45.3 Å². The molecule has 0 aliphatic carbocycles. The standard InChI is InChI=1S/C23H42N4O12/c1-35-19(30)13-24(8-10-26(12-18(28)29)15-21(32)37-3)6-7-25(14-20(31)36-2)9-11-27(16-22(33)38-4)17-23(34)39-5/h18,28-29H,6-17H2,1-5H3. The lowest BCUT2D eigenvalue weighted by Crippen LogP contribution is -2.47. The molecule has 0 unspecified atom stereocenters. The third-order valence-corrected chi connectivity index (χ3v) is 5.52. The van der Waals surface area contributed by atoms with Crippen LogP contribution in [0.5, 0.6) is 0 Å². The largest absolute Gasteiger partial charge is 0.468 e. The molecule has 16 heteroatoms. The summed E-state index contributed by atoms with van der Waals surface area (Å²) in [6, 6.07) is 0. The Morgan fingerprint density at radius 3 is 0.974 bits per heavy atom. The van der Waals surface area contributed by atoms with E-state index in [2.05, 4.69) is 14.2 Å². The number of aliphatic hydroxyl groups is 2. The van der Waals surface area contributed by atoms with Gasteiger partial charge in [0.2, 0.25) is 0 Å². The van der Waals surface area contributed by atoms with Crippen molar-refractivity contribution in [2.24, 2.45) is 0 Å². The van der Waals surface area contributed by atoms with Gasteiger partial charge in [0.1, 0.15) is 0 Å². The van der Waals surface area contributed by atoms with E-state index >= 15 is 0 Å². The van der Waals surface area contributed by atoms with Gasteiger partial charge in [0.15, 0.2) is 6.29 Å². The van der Waals surface area contributed by atoms with Gasteiger partial charge in [0.25, 0.3) is 0 Å². The van der Waals surface area contributed by atoms with Crippen molar-refractivity contribution >= 4 is 29.8 Å². The smallest absolute Gasteiger partial charge is 0.319 e. The summed E-state index contributed by atoms with van der Waals surface area (Å²) >= 11 is 0. The van der Waals surface area contributed by atoms with Crippen LogP contribution in [0.25, 0.3) is 0 Å². The number of ether oxygens (including phenoxy) is 5. The van der Waals surface area contributed by atoms with E-state index in [9.17, 15) is 34.2 Å². The molecule has 0 radical (unpaired) electrons. The lowest BCUT2D eigenvalue weighted by atomic mass is 10.3. The molecular weight excluding hydrogens is 524 g/mol. The van der Waals surface area contributed by atoms with Gasteiger partial charge in [0.05, 0.1) is 68.3 Å². The highest BCUT2D eigenvalue weighted by Crippen LogP contribution is 2.01. The molecule has 0 amide bonds. The van der Waals surface area contributed by atoms with Crippen molar-refractivity contribution in [1.82, 2.24) is 19.6 Å². The molecule has 0 saturated heterocycles. The van der Waals surface area contributed by atoms with Gasteiger partial charge in [-0.2, -0.15) is 0 Å². The van der Waals surface area contributed by atoms with Crippen LogP contribution < -0.4 is 0 Å². The minimum atomic E-state index is -1.68. The fourth-order valence-corrected chi connectivity index (χ4v) is 3.30. The van der Waals surface area contributed by atoms with Crippen molar-refractivity contribution in [2.75, 3.05) is 114 Å². The molecule has 0 heterocycles. The molecule has 16 nitrogen and oxygen atoms in total. The van der Waals surface area contributed by atoms with Crippen LogP contribution in [0.4, 0.5) is 0 Å². The molecule has 0 rings (SSSR count). The molecule has 0 aromatic rings. The van der Waals surface area contributed by atoms with Crippen molar-refractivity contribution in [2.45, 2.75) is 6.29 Å². The first kappa shape index (κ1) is 36.1. The van der Waals surface area contributed by atoms with Crippen molar-refractivity contribution in [3.8, 4) is 0 Å². The summed E-state index contributed by atoms with van der Waals surface area (Å²) in [5.41, 5.74) is 0. The molecular formula is C23H42N4O12. The maximum atomic E-state index is 12.0. The van der Waals surface area contributed by atoms with Crippen molar-refractivity contribution in [3.05, 3.63) is 0 Å². The van der Waals surface area contributed by atoms with Gasteiger partial charge in [-0.05, 0) is 0 Å². The topological polar surface area (TPSA) is 185 Å². The predicted octanol–water partition coefficient (Wildman–Crippen LogP) is -3.63. The van der Waals surface area contributed by atoms with Gasteiger partial charge < -0.3 is 33.9 Å². The van der Waals surface area contributed by atoms with Crippen molar-refractivity contribution in [1.29, 1.82) is 0 Å². The van der Waals surface area contributed by atoms with Gasteiger partial charge in [-0.15, -0.1) is 0 Å². The molecule has 0 bridgehead atoms. The number of methoxy groups -OCH3 is 5. The van der Waals surface area contributed by atoms with Crippen LogP contribution in [0.1, 0.15) is 0 Å². The molecule has 0 aliphatic heterocycles. The second kappa shape index (κ2) is 21.0. The number of aliphatic hydroxyl groups excluding tert-OH is 1. The van der Waals surface area contributed by atoms with Crippen LogP contribution in [0.3, 0.4) is 0 Å². The minimum absolute atomic E-state index is 0.0992. The number of hydrogen-bond donors (Lipinski definition) is 2. The Morgan fingerprint density at radius 2 is 0.692 bits per heavy atom. The van der Waals surface area contributed by atoms with Crippen LogP contribution in [-0.2, 0) is 47.7 Å². The summed E-state index contributed by atoms with van der Waals surface area (Å²) in [4.78, 5) is 65.7. The Kier molecular flexibility index (Phi) is 19.4. The fraction of sp³-hybridized carbons (Fsp3) is 0.783. The number of carbonyl (C=O) groups excluding carboxylic acids is 5. The van der Waals surface area contributed by atoms with E-state index in [0.29, 0.717) is 0 Å². The minimum Gasteiger partial charge on any atom is -0.468 e. The molecule has 0 atom stereocenters. The lowest BCUT2D eigenvalue weighted by molar-refractivity contribution is -0.147. The Morgan fingerprint density at radius 1 is 0.462 bits per heavy atom. The Labute approximate surface area is 228 Å². The average molecular weight is 567 g/mol. The SMILES string of the molecule is COC(=O)CN(CCN(CCN(CC(=O)OC)CC(O)O)CC(=O)OC)CCN(CC(=O)OC)CC(=O)OC. The first-order valence-corrected chi connectivity index (χ1v) is 12.1. The summed E-state index contributed by atoms with van der Waals surface area (Å²) in [7, 11) is 6.16. The number of rotatable bonds is 21. The Bertz CT molecular complexity index is 749. The quantitative estimate of drug-likeness (QED) is 0.0787. The summed E-state index contributed by atoms with van der Waals surface area (Å²) in [6.45, 7) is 0.484. The van der Waals surface area contributed by atoms with E-state index < -0.39 is 36.1 Å². The highest BCUT2D eigenvalue weighted by molar-refractivity contribution is 5.75. The summed E-state index contributed by atoms with van der Waals surface area (Å²) in [5, 5.41) is 18.7. The van der Waals surface area contributed by atoms with Crippen LogP contribution in [0.15, 0.2) is 0 Å². The fourth-order valence-electron chi connectivity index (χ4n) is 3.30. The summed E-state index contributed by atoms with van der Waals surface area (Å²) in [5.74, 6) is -2.69. The number of nitrogens with zero attached hydrogens (tertiary/aromatic N) is 4. The molecule has 0 fully saturated rings. The van der Waals surface area contributed by atoms with Crippen LogP contribution in [-0.4, -0.2) is 180 Å². The zero-order valence-corrected chi connectivity index (χ0v) is 23.3. The monoisotopic (exact) mass is 566 g/mol. The van der Waals surface area contributed by atoms with Crippen molar-refractivity contribution < 1.29 is 57.9 Å². The first-order valence-electron chi connectivity index (χ1n) is 12.1. The van der Waals surface area contributed by atoms with Gasteiger partial charge in [-0.3, -0.25) is 43.6 Å². The van der Waals surface area contributed by atoms with E-state index in [1.807, 2.05) is 0 Å². The third-order valence-electron chi connectivity index (χ3n) is 5.52. The normalized spacial score (nSPS) is 11.3. The van der Waals surface area contributed by atoms with Crippen LogP contribution in [0.2, 0.25) is 0 Å². The number of esters is 5. The highest BCUT2D eigenvalue weighted by Gasteiger charge is 2.21. The second-order valence-corrected chi connectivity index (χ2v) is 8.36. The van der Waals surface area contributed by atoms with Gasteiger partial charge in [-0.25, -0.2) is 0 Å². The molecule has 0 aliphatic rings. The lowest BCUT2D eigenvalue weighted by Gasteiger charge is -2.30. The predicted molar refractivity (Wildman–Crippen MR) is 134 cm³/mol. The molecule has 226 valence electrons.